The Hall–Kier alpha value is -2.37. The first-order chi connectivity index (χ1) is 8.58. The highest BCUT2D eigenvalue weighted by atomic mass is 16.5. The van der Waals surface area contributed by atoms with E-state index >= 15 is 0 Å². The van der Waals surface area contributed by atoms with Crippen molar-refractivity contribution in [3.8, 4) is 0 Å². The second kappa shape index (κ2) is 6.39. The summed E-state index contributed by atoms with van der Waals surface area (Å²) in [6, 6.07) is 2.82. The third-order valence-corrected chi connectivity index (χ3v) is 2.03. The highest BCUT2D eigenvalue weighted by Gasteiger charge is 2.07. The molecular formula is C12H13NO5. The first-order valence-corrected chi connectivity index (χ1v) is 5.25. The molecule has 0 saturated carbocycles. The van der Waals surface area contributed by atoms with Gasteiger partial charge in [0.25, 0.3) is 5.56 Å². The molecule has 0 aliphatic rings. The van der Waals surface area contributed by atoms with Crippen molar-refractivity contribution in [1.82, 2.24) is 4.98 Å². The average Bonchev–Trinajstić information content (AvgIpc) is 2.36. The first kappa shape index (κ1) is 13.7. The number of ether oxygens (including phenoxy) is 2. The van der Waals surface area contributed by atoms with Crippen LogP contribution in [0.15, 0.2) is 23.0 Å². The number of aromatic nitrogens is 1. The molecule has 1 rings (SSSR count). The molecule has 1 aromatic heterocycles. The summed E-state index contributed by atoms with van der Waals surface area (Å²) in [5, 5.41) is 0. The van der Waals surface area contributed by atoms with Crippen molar-refractivity contribution < 1.29 is 19.1 Å². The van der Waals surface area contributed by atoms with Gasteiger partial charge in [0.1, 0.15) is 5.69 Å². The van der Waals surface area contributed by atoms with Crippen LogP contribution in [0.25, 0.3) is 6.08 Å². The van der Waals surface area contributed by atoms with Gasteiger partial charge in [0, 0.05) is 11.6 Å². The third kappa shape index (κ3) is 3.58. The van der Waals surface area contributed by atoms with E-state index in [2.05, 4.69) is 14.5 Å². The van der Waals surface area contributed by atoms with E-state index in [0.717, 1.165) is 6.08 Å². The Balaban J connectivity index is 2.90. The van der Waals surface area contributed by atoms with Crippen molar-refractivity contribution in [2.45, 2.75) is 6.92 Å². The van der Waals surface area contributed by atoms with Crippen LogP contribution in [0.2, 0.25) is 0 Å². The van der Waals surface area contributed by atoms with Crippen molar-refractivity contribution in [2.75, 3.05) is 13.7 Å². The third-order valence-electron chi connectivity index (χ3n) is 2.03. The topological polar surface area (TPSA) is 85.5 Å². The Morgan fingerprint density at radius 1 is 1.39 bits per heavy atom. The molecule has 0 fully saturated rings. The van der Waals surface area contributed by atoms with Crippen LogP contribution in [0.1, 0.15) is 23.0 Å². The van der Waals surface area contributed by atoms with Gasteiger partial charge in [-0.2, -0.15) is 0 Å². The highest BCUT2D eigenvalue weighted by molar-refractivity contribution is 5.88. The zero-order valence-corrected chi connectivity index (χ0v) is 10.1. The van der Waals surface area contributed by atoms with Crippen molar-refractivity contribution in [1.29, 1.82) is 0 Å². The van der Waals surface area contributed by atoms with Crippen LogP contribution in [0, 0.1) is 0 Å². The minimum atomic E-state index is -0.631. The SMILES string of the molecule is CCOC(=O)/C=C/c1ccc(C(=O)OC)[nH]c1=O. The van der Waals surface area contributed by atoms with Gasteiger partial charge in [0.2, 0.25) is 0 Å². The lowest BCUT2D eigenvalue weighted by Crippen LogP contribution is -2.15. The molecule has 18 heavy (non-hydrogen) atoms. The second-order valence-corrected chi connectivity index (χ2v) is 3.23. The zero-order valence-electron chi connectivity index (χ0n) is 10.1. The Labute approximate surface area is 103 Å². The van der Waals surface area contributed by atoms with Gasteiger partial charge < -0.3 is 14.5 Å². The van der Waals surface area contributed by atoms with E-state index in [0.29, 0.717) is 0 Å². The molecule has 1 aromatic rings. The van der Waals surface area contributed by atoms with Gasteiger partial charge >= 0.3 is 11.9 Å². The normalized spacial score (nSPS) is 10.3. The van der Waals surface area contributed by atoms with Gasteiger partial charge in [0.05, 0.1) is 13.7 Å². The largest absolute Gasteiger partial charge is 0.464 e. The number of rotatable bonds is 4. The van der Waals surface area contributed by atoms with Gasteiger partial charge in [-0.15, -0.1) is 0 Å². The van der Waals surface area contributed by atoms with Crippen LogP contribution in [0.4, 0.5) is 0 Å². The van der Waals surface area contributed by atoms with Crippen LogP contribution in [-0.4, -0.2) is 30.6 Å². The molecule has 0 aliphatic heterocycles. The van der Waals surface area contributed by atoms with Gasteiger partial charge in [0.15, 0.2) is 0 Å². The quantitative estimate of drug-likeness (QED) is 0.630. The van der Waals surface area contributed by atoms with E-state index in [1.54, 1.807) is 6.92 Å². The first-order valence-electron chi connectivity index (χ1n) is 5.25. The molecule has 0 atom stereocenters. The number of pyridine rings is 1. The number of esters is 2. The van der Waals surface area contributed by atoms with Crippen molar-refractivity contribution in [3.05, 3.63) is 39.8 Å². The fourth-order valence-corrected chi connectivity index (χ4v) is 1.19. The lowest BCUT2D eigenvalue weighted by Gasteiger charge is -1.99. The molecule has 6 nitrogen and oxygen atoms in total. The van der Waals surface area contributed by atoms with E-state index in [1.165, 1.54) is 25.3 Å². The number of hydrogen-bond donors (Lipinski definition) is 1. The smallest absolute Gasteiger partial charge is 0.354 e. The van der Waals surface area contributed by atoms with E-state index in [9.17, 15) is 14.4 Å². The Morgan fingerprint density at radius 2 is 2.11 bits per heavy atom. The molecule has 96 valence electrons. The van der Waals surface area contributed by atoms with Crippen LogP contribution in [-0.2, 0) is 14.3 Å². The number of nitrogens with one attached hydrogen (secondary N) is 1. The van der Waals surface area contributed by atoms with Crippen LogP contribution in [0.3, 0.4) is 0 Å². The summed E-state index contributed by atoms with van der Waals surface area (Å²) >= 11 is 0. The van der Waals surface area contributed by atoms with Gasteiger partial charge in [-0.25, -0.2) is 9.59 Å². The van der Waals surface area contributed by atoms with Crippen molar-refractivity contribution >= 4 is 18.0 Å². The maximum absolute atomic E-state index is 11.6. The maximum Gasteiger partial charge on any atom is 0.354 e. The molecular weight excluding hydrogens is 238 g/mol. The summed E-state index contributed by atoms with van der Waals surface area (Å²) in [5.74, 6) is -1.16. The Kier molecular flexibility index (Phi) is 4.86. The summed E-state index contributed by atoms with van der Waals surface area (Å²) in [4.78, 5) is 36.1. The summed E-state index contributed by atoms with van der Waals surface area (Å²) < 4.78 is 9.13. The number of carbonyl (C=O) groups excluding carboxylic acids is 2. The van der Waals surface area contributed by atoms with E-state index in [-0.39, 0.29) is 17.9 Å². The fourth-order valence-electron chi connectivity index (χ4n) is 1.19. The molecule has 0 spiro atoms. The number of hydrogen-bond acceptors (Lipinski definition) is 5. The van der Waals surface area contributed by atoms with Crippen LogP contribution < -0.4 is 5.56 Å². The molecule has 0 amide bonds. The minimum absolute atomic E-state index is 0.0517. The molecule has 0 aliphatic carbocycles. The maximum atomic E-state index is 11.6. The second-order valence-electron chi connectivity index (χ2n) is 3.23. The summed E-state index contributed by atoms with van der Waals surface area (Å²) in [6.45, 7) is 1.95. The van der Waals surface area contributed by atoms with E-state index in [4.69, 9.17) is 0 Å². The molecule has 0 radical (unpaired) electrons. The molecule has 1 N–H and O–H groups in total. The molecule has 0 unspecified atom stereocenters. The Morgan fingerprint density at radius 3 is 2.67 bits per heavy atom. The van der Waals surface area contributed by atoms with Gasteiger partial charge in [-0.3, -0.25) is 4.79 Å². The number of H-pyrrole nitrogens is 1. The predicted molar refractivity (Wildman–Crippen MR) is 64.1 cm³/mol. The van der Waals surface area contributed by atoms with Crippen molar-refractivity contribution in [2.24, 2.45) is 0 Å². The highest BCUT2D eigenvalue weighted by Crippen LogP contribution is 1.99. The average molecular weight is 251 g/mol. The summed E-state index contributed by atoms with van der Waals surface area (Å²) in [5.41, 5.74) is -0.190. The zero-order chi connectivity index (χ0) is 13.5. The molecule has 0 aromatic carbocycles. The summed E-state index contributed by atoms with van der Waals surface area (Å²) in [7, 11) is 1.22. The van der Waals surface area contributed by atoms with Gasteiger partial charge in [-0.1, -0.05) is 0 Å². The molecule has 0 saturated heterocycles. The monoisotopic (exact) mass is 251 g/mol. The fraction of sp³-hybridized carbons (Fsp3) is 0.250. The van der Waals surface area contributed by atoms with Crippen LogP contribution in [0.5, 0.6) is 0 Å². The van der Waals surface area contributed by atoms with E-state index < -0.39 is 17.5 Å². The molecule has 1 heterocycles. The number of aromatic amines is 1. The molecule has 6 heteroatoms. The van der Waals surface area contributed by atoms with E-state index in [1.807, 2.05) is 0 Å². The standard InChI is InChI=1S/C12H13NO5/c1-3-18-10(14)7-5-8-4-6-9(12(16)17-2)13-11(8)15/h4-7H,3H2,1-2H3,(H,13,15)/b7-5+. The lowest BCUT2D eigenvalue weighted by molar-refractivity contribution is -0.137. The predicted octanol–water partition coefficient (Wildman–Crippen LogP) is 0.738. The van der Waals surface area contributed by atoms with Crippen molar-refractivity contribution in [3.63, 3.8) is 0 Å². The van der Waals surface area contributed by atoms with Crippen LogP contribution >= 0.6 is 0 Å². The lowest BCUT2D eigenvalue weighted by atomic mass is 10.2. The summed E-state index contributed by atoms with van der Waals surface area (Å²) in [6.07, 6.45) is 2.46. The minimum Gasteiger partial charge on any atom is -0.464 e. The number of carbonyl (C=O) groups is 2. The number of methoxy groups -OCH3 is 1. The molecule has 0 bridgehead atoms. The Bertz CT molecular complexity index is 530. The van der Waals surface area contributed by atoms with Gasteiger partial charge in [-0.05, 0) is 25.1 Å².